The number of hydrogen-bond donors (Lipinski definition) is 1. The number of hydrogen-bond acceptors (Lipinski definition) is 2. The van der Waals surface area contributed by atoms with Crippen molar-refractivity contribution in [3.63, 3.8) is 0 Å². The third kappa shape index (κ3) is 3.02. The molecule has 2 rings (SSSR count). The fourth-order valence-corrected chi connectivity index (χ4v) is 2.79. The molecule has 0 fully saturated rings. The molecule has 5 heteroatoms. The van der Waals surface area contributed by atoms with Crippen molar-refractivity contribution < 1.29 is 4.39 Å². The molecule has 1 heterocycles. The Morgan fingerprint density at radius 3 is 2.58 bits per heavy atom. The minimum atomic E-state index is -0.351. The standard InChI is InChI=1S/C14H14FIN2O/c1-14(2,3)11-10(16)13(19)18-12(17-11)8-5-4-6-9(15)7-8/h4-7H,1-3H3,(H,17,18,19). The van der Waals surface area contributed by atoms with Crippen molar-refractivity contribution in [1.82, 2.24) is 9.97 Å². The number of aromatic nitrogens is 2. The molecule has 1 aromatic carbocycles. The van der Waals surface area contributed by atoms with Gasteiger partial charge in [-0.15, -0.1) is 0 Å². The summed E-state index contributed by atoms with van der Waals surface area (Å²) in [6.45, 7) is 5.98. The van der Waals surface area contributed by atoms with Crippen LogP contribution in [0.1, 0.15) is 26.5 Å². The van der Waals surface area contributed by atoms with Crippen molar-refractivity contribution in [1.29, 1.82) is 0 Å². The number of H-pyrrole nitrogens is 1. The molecule has 0 saturated carbocycles. The van der Waals surface area contributed by atoms with Gasteiger partial charge in [-0.05, 0) is 34.7 Å². The average molecular weight is 372 g/mol. The summed E-state index contributed by atoms with van der Waals surface area (Å²) in [6.07, 6.45) is 0. The lowest BCUT2D eigenvalue weighted by Crippen LogP contribution is -2.24. The largest absolute Gasteiger partial charge is 0.306 e. The zero-order valence-corrected chi connectivity index (χ0v) is 13.1. The summed E-state index contributed by atoms with van der Waals surface area (Å²) in [5, 5.41) is 0. The summed E-state index contributed by atoms with van der Waals surface area (Å²) in [4.78, 5) is 19.1. The molecule has 1 aromatic heterocycles. The molecule has 0 aliphatic carbocycles. The van der Waals surface area contributed by atoms with Crippen LogP contribution in [-0.4, -0.2) is 9.97 Å². The molecule has 2 aromatic rings. The van der Waals surface area contributed by atoms with E-state index < -0.39 is 0 Å². The van der Waals surface area contributed by atoms with Gasteiger partial charge in [0.2, 0.25) is 0 Å². The third-order valence-corrected chi connectivity index (χ3v) is 3.67. The highest BCUT2D eigenvalue weighted by Crippen LogP contribution is 2.25. The smallest absolute Gasteiger partial charge is 0.264 e. The van der Waals surface area contributed by atoms with Crippen LogP contribution in [0.4, 0.5) is 4.39 Å². The molecule has 100 valence electrons. The van der Waals surface area contributed by atoms with Gasteiger partial charge in [0.05, 0.1) is 5.69 Å². The van der Waals surface area contributed by atoms with Gasteiger partial charge in [0.1, 0.15) is 15.2 Å². The molecule has 0 atom stereocenters. The number of aromatic amines is 1. The summed E-state index contributed by atoms with van der Waals surface area (Å²) in [6, 6.07) is 6.04. The highest BCUT2D eigenvalue weighted by molar-refractivity contribution is 14.1. The van der Waals surface area contributed by atoms with Crippen LogP contribution in [0.25, 0.3) is 11.4 Å². The van der Waals surface area contributed by atoms with E-state index in [9.17, 15) is 9.18 Å². The molecule has 0 spiro atoms. The molecule has 0 bridgehead atoms. The van der Waals surface area contributed by atoms with E-state index in [1.54, 1.807) is 12.1 Å². The average Bonchev–Trinajstić information content (AvgIpc) is 2.31. The number of nitrogens with zero attached hydrogens (tertiary/aromatic N) is 1. The summed E-state index contributed by atoms with van der Waals surface area (Å²) in [5.41, 5.74) is 0.849. The normalized spacial score (nSPS) is 11.6. The Morgan fingerprint density at radius 2 is 2.00 bits per heavy atom. The lowest BCUT2D eigenvalue weighted by molar-refractivity contribution is 0.562. The quantitative estimate of drug-likeness (QED) is 0.780. The van der Waals surface area contributed by atoms with E-state index in [1.807, 2.05) is 43.4 Å². The van der Waals surface area contributed by atoms with Gasteiger partial charge in [0.25, 0.3) is 5.56 Å². The molecular formula is C14H14FIN2O. The first kappa shape index (κ1) is 14.2. The maximum atomic E-state index is 13.2. The molecule has 0 unspecified atom stereocenters. The Labute approximate surface area is 124 Å². The van der Waals surface area contributed by atoms with E-state index >= 15 is 0 Å². The number of halogens is 2. The van der Waals surface area contributed by atoms with Crippen molar-refractivity contribution in [3.05, 3.63) is 49.7 Å². The molecule has 0 aliphatic heterocycles. The summed E-state index contributed by atoms with van der Waals surface area (Å²) < 4.78 is 13.8. The highest BCUT2D eigenvalue weighted by Gasteiger charge is 2.22. The molecule has 3 nitrogen and oxygen atoms in total. The van der Waals surface area contributed by atoms with Crippen LogP contribution in [-0.2, 0) is 5.41 Å². The zero-order chi connectivity index (χ0) is 14.2. The van der Waals surface area contributed by atoms with Crippen molar-refractivity contribution in [2.24, 2.45) is 0 Å². The van der Waals surface area contributed by atoms with Crippen LogP contribution in [0.5, 0.6) is 0 Å². The third-order valence-electron chi connectivity index (χ3n) is 2.67. The first-order valence-electron chi connectivity index (χ1n) is 5.85. The van der Waals surface area contributed by atoms with Gasteiger partial charge in [-0.1, -0.05) is 32.9 Å². The number of nitrogens with one attached hydrogen (secondary N) is 1. The van der Waals surface area contributed by atoms with Crippen LogP contribution in [0.3, 0.4) is 0 Å². The van der Waals surface area contributed by atoms with Gasteiger partial charge in [0, 0.05) is 11.0 Å². The second-order valence-electron chi connectivity index (χ2n) is 5.34. The van der Waals surface area contributed by atoms with Crippen LogP contribution in [0.2, 0.25) is 0 Å². The Morgan fingerprint density at radius 1 is 1.32 bits per heavy atom. The molecule has 1 N–H and O–H groups in total. The van der Waals surface area contributed by atoms with Gasteiger partial charge in [-0.25, -0.2) is 9.37 Å². The Balaban J connectivity index is 2.67. The summed E-state index contributed by atoms with van der Waals surface area (Å²) in [5.74, 6) is 0.0471. The van der Waals surface area contributed by atoms with Crippen LogP contribution in [0.15, 0.2) is 29.1 Å². The molecule has 0 amide bonds. The maximum Gasteiger partial charge on any atom is 0.264 e. The minimum absolute atomic E-state index is 0.195. The lowest BCUT2D eigenvalue weighted by Gasteiger charge is -2.19. The van der Waals surface area contributed by atoms with Gasteiger partial charge >= 0.3 is 0 Å². The van der Waals surface area contributed by atoms with Crippen LogP contribution >= 0.6 is 22.6 Å². The van der Waals surface area contributed by atoms with E-state index in [1.165, 1.54) is 12.1 Å². The molecular weight excluding hydrogens is 358 g/mol. The maximum absolute atomic E-state index is 13.2. The van der Waals surface area contributed by atoms with E-state index in [0.717, 1.165) is 5.69 Å². The Hall–Kier alpha value is -1.24. The first-order valence-corrected chi connectivity index (χ1v) is 6.93. The van der Waals surface area contributed by atoms with Crippen molar-refractivity contribution in [3.8, 4) is 11.4 Å². The van der Waals surface area contributed by atoms with E-state index in [-0.39, 0.29) is 16.8 Å². The Kier molecular flexibility index (Phi) is 3.75. The van der Waals surface area contributed by atoms with E-state index in [0.29, 0.717) is 15.0 Å². The topological polar surface area (TPSA) is 45.8 Å². The van der Waals surface area contributed by atoms with Gasteiger partial charge < -0.3 is 4.98 Å². The Bertz CT molecular complexity index is 674. The van der Waals surface area contributed by atoms with Crippen LogP contribution < -0.4 is 5.56 Å². The predicted molar refractivity (Wildman–Crippen MR) is 81.7 cm³/mol. The van der Waals surface area contributed by atoms with Gasteiger partial charge in [-0.3, -0.25) is 4.79 Å². The van der Waals surface area contributed by atoms with Crippen molar-refractivity contribution in [2.45, 2.75) is 26.2 Å². The minimum Gasteiger partial charge on any atom is -0.306 e. The van der Waals surface area contributed by atoms with Gasteiger partial charge in [-0.2, -0.15) is 0 Å². The molecule has 19 heavy (non-hydrogen) atoms. The van der Waals surface area contributed by atoms with E-state index in [4.69, 9.17) is 0 Å². The molecule has 0 aliphatic rings. The predicted octanol–water partition coefficient (Wildman–Crippen LogP) is 3.48. The van der Waals surface area contributed by atoms with Gasteiger partial charge in [0.15, 0.2) is 0 Å². The zero-order valence-electron chi connectivity index (χ0n) is 10.9. The SMILES string of the molecule is CC(C)(C)c1nc(-c2cccc(F)c2)[nH]c(=O)c1I. The first-order chi connectivity index (χ1) is 8.79. The second kappa shape index (κ2) is 5.03. The molecule has 0 radical (unpaired) electrons. The summed E-state index contributed by atoms with van der Waals surface area (Å²) >= 11 is 1.99. The lowest BCUT2D eigenvalue weighted by atomic mass is 9.92. The fourth-order valence-electron chi connectivity index (χ4n) is 1.73. The summed E-state index contributed by atoms with van der Waals surface area (Å²) in [7, 11) is 0. The fraction of sp³-hybridized carbons (Fsp3) is 0.286. The van der Waals surface area contributed by atoms with Crippen LogP contribution in [0, 0.1) is 9.39 Å². The number of rotatable bonds is 1. The second-order valence-corrected chi connectivity index (χ2v) is 6.42. The van der Waals surface area contributed by atoms with Crippen molar-refractivity contribution >= 4 is 22.6 Å². The monoisotopic (exact) mass is 372 g/mol. The van der Waals surface area contributed by atoms with Crippen molar-refractivity contribution in [2.75, 3.05) is 0 Å². The number of benzene rings is 1. The molecule has 0 saturated heterocycles. The highest BCUT2D eigenvalue weighted by atomic mass is 127. The van der Waals surface area contributed by atoms with E-state index in [2.05, 4.69) is 9.97 Å².